The summed E-state index contributed by atoms with van der Waals surface area (Å²) in [6.45, 7) is 1.67. The van der Waals surface area contributed by atoms with Crippen LogP contribution in [0.5, 0.6) is 23.1 Å². The Morgan fingerprint density at radius 1 is 0.930 bits per heavy atom. The molecule has 0 aliphatic rings. The molecule has 2 aromatic carbocycles. The number of nitrogens with one attached hydrogen (secondary N) is 1. The van der Waals surface area contributed by atoms with Crippen LogP contribution in [0.3, 0.4) is 0 Å². The molecule has 5 aromatic rings. The second kappa shape index (κ2) is 12.4. The number of aromatic amines is 1. The van der Waals surface area contributed by atoms with Crippen LogP contribution in [0.25, 0.3) is 22.2 Å². The van der Waals surface area contributed by atoms with Gasteiger partial charge in [-0.25, -0.2) is 13.8 Å². The first kappa shape index (κ1) is 29.3. The molecule has 3 aromatic heterocycles. The van der Waals surface area contributed by atoms with Crippen LogP contribution in [0.4, 0.5) is 8.78 Å². The Balaban J connectivity index is 1.45. The molecular formula is C32H27F2N3O6. The van der Waals surface area contributed by atoms with E-state index in [1.165, 1.54) is 76.1 Å². The summed E-state index contributed by atoms with van der Waals surface area (Å²) in [6.07, 6.45) is 1.23. The molecule has 220 valence electrons. The summed E-state index contributed by atoms with van der Waals surface area (Å²) in [5.74, 6) is -0.986. The van der Waals surface area contributed by atoms with Crippen LogP contribution in [0.15, 0.2) is 65.6 Å². The van der Waals surface area contributed by atoms with Crippen LogP contribution >= 0.6 is 0 Å². The number of pyridine rings is 3. The second-order valence-corrected chi connectivity index (χ2v) is 9.59. The lowest BCUT2D eigenvalue weighted by Crippen LogP contribution is -2.24. The SMILES string of the molecule is COCc1[nH]c(C)c(-c2ccc(F)cc2)c(=O)c1C(=O)Cc1ccc(Oc2ccnc3cc(OC)c(OC)nc23)c(F)c1. The Morgan fingerprint density at radius 3 is 2.37 bits per heavy atom. The quantitative estimate of drug-likeness (QED) is 0.200. The van der Waals surface area contributed by atoms with Crippen LogP contribution in [0.1, 0.15) is 27.3 Å². The lowest BCUT2D eigenvalue weighted by Gasteiger charge is -2.14. The standard InChI is InChI=1S/C32H27F2N3O6/c1-17-28(19-6-8-20(33)9-7-19)31(39)29(23(36-17)16-40-2)24(38)14-18-5-10-25(21(34)13-18)43-26-11-12-35-22-15-27(41-3)32(42-4)37-30(22)26/h5-13,15H,14,16H2,1-4H3,(H,36,39). The van der Waals surface area contributed by atoms with Gasteiger partial charge in [-0.2, -0.15) is 0 Å². The molecule has 43 heavy (non-hydrogen) atoms. The van der Waals surface area contributed by atoms with E-state index in [1.807, 2.05) is 0 Å². The topological polar surface area (TPSA) is 113 Å². The molecule has 0 atom stereocenters. The fourth-order valence-electron chi connectivity index (χ4n) is 4.81. The number of halogens is 2. The van der Waals surface area contributed by atoms with Gasteiger partial charge in [0.1, 0.15) is 11.3 Å². The third-order valence-corrected chi connectivity index (χ3v) is 6.77. The van der Waals surface area contributed by atoms with E-state index in [0.717, 1.165) is 0 Å². The number of methoxy groups -OCH3 is 3. The lowest BCUT2D eigenvalue weighted by atomic mass is 9.95. The maximum absolute atomic E-state index is 15.3. The Labute approximate surface area is 245 Å². The number of carbonyl (C=O) groups excluding carboxylic acids is 1. The fraction of sp³-hybridized carbons (Fsp3) is 0.188. The van der Waals surface area contributed by atoms with Crippen molar-refractivity contribution in [3.05, 3.63) is 105 Å². The first-order valence-electron chi connectivity index (χ1n) is 13.1. The van der Waals surface area contributed by atoms with Crippen molar-refractivity contribution in [3.63, 3.8) is 0 Å². The molecule has 0 aliphatic heterocycles. The number of aryl methyl sites for hydroxylation is 1. The zero-order chi connectivity index (χ0) is 30.7. The van der Waals surface area contributed by atoms with Crippen molar-refractivity contribution in [2.75, 3.05) is 21.3 Å². The Hall–Kier alpha value is -5.16. The lowest BCUT2D eigenvalue weighted by molar-refractivity contribution is 0.0985. The average molecular weight is 588 g/mol. The summed E-state index contributed by atoms with van der Waals surface area (Å²) in [7, 11) is 4.36. The van der Waals surface area contributed by atoms with E-state index >= 15 is 4.39 Å². The molecule has 0 amide bonds. The molecule has 0 unspecified atom stereocenters. The van der Waals surface area contributed by atoms with Gasteiger partial charge < -0.3 is 23.9 Å². The van der Waals surface area contributed by atoms with Gasteiger partial charge in [-0.05, 0) is 42.3 Å². The van der Waals surface area contributed by atoms with Gasteiger partial charge in [0.25, 0.3) is 5.88 Å². The number of ether oxygens (including phenoxy) is 4. The fourth-order valence-corrected chi connectivity index (χ4v) is 4.81. The van der Waals surface area contributed by atoms with Gasteiger partial charge in [0.2, 0.25) is 5.43 Å². The summed E-state index contributed by atoms with van der Waals surface area (Å²) >= 11 is 0. The van der Waals surface area contributed by atoms with Gasteiger partial charge in [-0.3, -0.25) is 14.6 Å². The molecule has 0 spiro atoms. The van der Waals surface area contributed by atoms with Crippen molar-refractivity contribution < 1.29 is 32.5 Å². The minimum Gasteiger partial charge on any atom is -0.491 e. The highest BCUT2D eigenvalue weighted by Crippen LogP contribution is 2.35. The Bertz CT molecular complexity index is 1890. The molecule has 0 aliphatic carbocycles. The van der Waals surface area contributed by atoms with Crippen LogP contribution in [0, 0.1) is 18.6 Å². The minimum absolute atomic E-state index is 0.0213. The Morgan fingerprint density at radius 2 is 1.70 bits per heavy atom. The van der Waals surface area contributed by atoms with E-state index in [2.05, 4.69) is 15.0 Å². The summed E-state index contributed by atoms with van der Waals surface area (Å²) in [6, 6.07) is 12.7. The second-order valence-electron chi connectivity index (χ2n) is 9.59. The maximum Gasteiger partial charge on any atom is 0.257 e. The van der Waals surface area contributed by atoms with E-state index < -0.39 is 22.8 Å². The monoisotopic (exact) mass is 587 g/mol. The van der Waals surface area contributed by atoms with Crippen molar-refractivity contribution in [1.82, 2.24) is 15.0 Å². The first-order valence-corrected chi connectivity index (χ1v) is 13.1. The normalized spacial score (nSPS) is 11.0. The number of H-pyrrole nitrogens is 1. The summed E-state index contributed by atoms with van der Waals surface area (Å²) in [4.78, 5) is 38.8. The number of nitrogens with zero attached hydrogens (tertiary/aromatic N) is 2. The molecule has 0 bridgehead atoms. The van der Waals surface area contributed by atoms with Crippen LogP contribution < -0.4 is 19.6 Å². The van der Waals surface area contributed by atoms with Crippen LogP contribution in [0.2, 0.25) is 0 Å². The zero-order valence-electron chi connectivity index (χ0n) is 23.8. The number of hydrogen-bond donors (Lipinski definition) is 1. The van der Waals surface area contributed by atoms with E-state index in [1.54, 1.807) is 13.0 Å². The summed E-state index contributed by atoms with van der Waals surface area (Å²) in [5, 5.41) is 0. The molecule has 0 radical (unpaired) electrons. The number of benzene rings is 2. The number of ketones is 1. The molecule has 1 N–H and O–H groups in total. The van der Waals surface area contributed by atoms with E-state index in [-0.39, 0.29) is 41.5 Å². The van der Waals surface area contributed by atoms with Crippen molar-refractivity contribution in [2.45, 2.75) is 20.0 Å². The van der Waals surface area contributed by atoms with Crippen LogP contribution in [-0.2, 0) is 17.8 Å². The number of hydrogen-bond acceptors (Lipinski definition) is 8. The Kier molecular flexibility index (Phi) is 8.44. The summed E-state index contributed by atoms with van der Waals surface area (Å²) < 4.78 is 50.4. The number of fused-ring (bicyclic) bond motifs is 1. The number of aromatic nitrogens is 3. The van der Waals surface area contributed by atoms with Gasteiger partial charge in [-0.1, -0.05) is 18.2 Å². The van der Waals surface area contributed by atoms with E-state index in [9.17, 15) is 14.0 Å². The first-order chi connectivity index (χ1) is 20.7. The molecule has 5 rings (SSSR count). The molecule has 0 saturated heterocycles. The van der Waals surface area contributed by atoms with Crippen LogP contribution in [-0.4, -0.2) is 42.1 Å². The number of Topliss-reactive ketones (excluding diaryl/α,β-unsaturated/α-hetero) is 1. The molecule has 0 saturated carbocycles. The minimum atomic E-state index is -0.724. The number of rotatable bonds is 10. The van der Waals surface area contributed by atoms with Gasteiger partial charge in [0.15, 0.2) is 28.8 Å². The average Bonchev–Trinajstić information content (AvgIpc) is 2.99. The largest absolute Gasteiger partial charge is 0.491 e. The van der Waals surface area contributed by atoms with E-state index in [4.69, 9.17) is 18.9 Å². The highest BCUT2D eigenvalue weighted by atomic mass is 19.1. The molecular weight excluding hydrogens is 560 g/mol. The maximum atomic E-state index is 15.3. The van der Waals surface area contributed by atoms with Crippen molar-refractivity contribution in [2.24, 2.45) is 0 Å². The molecule has 9 nitrogen and oxygen atoms in total. The zero-order valence-corrected chi connectivity index (χ0v) is 23.8. The molecule has 0 fully saturated rings. The molecule has 11 heteroatoms. The predicted octanol–water partition coefficient (Wildman–Crippen LogP) is 5.95. The highest BCUT2D eigenvalue weighted by Gasteiger charge is 2.23. The van der Waals surface area contributed by atoms with Crippen molar-refractivity contribution in [1.29, 1.82) is 0 Å². The predicted molar refractivity (Wildman–Crippen MR) is 155 cm³/mol. The van der Waals surface area contributed by atoms with Crippen molar-refractivity contribution in [3.8, 4) is 34.3 Å². The smallest absolute Gasteiger partial charge is 0.257 e. The van der Waals surface area contributed by atoms with Gasteiger partial charge >= 0.3 is 0 Å². The molecule has 3 heterocycles. The third-order valence-electron chi connectivity index (χ3n) is 6.77. The summed E-state index contributed by atoms with van der Waals surface area (Å²) in [5.41, 5.74) is 1.98. The highest BCUT2D eigenvalue weighted by molar-refractivity contribution is 5.99. The van der Waals surface area contributed by atoms with Gasteiger partial charge in [0, 0.05) is 43.1 Å². The van der Waals surface area contributed by atoms with E-state index in [0.29, 0.717) is 39.3 Å². The van der Waals surface area contributed by atoms with Gasteiger partial charge in [0.05, 0.1) is 37.6 Å². The third kappa shape index (κ3) is 5.93. The number of carbonyl (C=O) groups is 1. The van der Waals surface area contributed by atoms with Gasteiger partial charge in [-0.15, -0.1) is 0 Å². The van der Waals surface area contributed by atoms with Crippen molar-refractivity contribution >= 4 is 16.8 Å².